The van der Waals surface area contributed by atoms with Gasteiger partial charge in [-0.25, -0.2) is 9.78 Å². The zero-order valence-electron chi connectivity index (χ0n) is 11.0. The number of benzene rings is 1. The number of carbonyl (C=O) groups is 1. The number of pyridine rings is 1. The van der Waals surface area contributed by atoms with E-state index in [4.69, 9.17) is 5.11 Å². The van der Waals surface area contributed by atoms with Crippen molar-refractivity contribution in [2.75, 3.05) is 11.9 Å². The van der Waals surface area contributed by atoms with E-state index in [-0.39, 0.29) is 17.1 Å². The molecule has 1 aromatic carbocycles. The van der Waals surface area contributed by atoms with Gasteiger partial charge in [-0.05, 0) is 12.0 Å². The summed E-state index contributed by atoms with van der Waals surface area (Å²) in [5.41, 5.74) is 0.544. The maximum Gasteiger partial charge on any atom is 0.339 e. The number of aromatic nitrogens is 1. The van der Waals surface area contributed by atoms with Gasteiger partial charge in [-0.15, -0.1) is 0 Å². The fourth-order valence-corrected chi connectivity index (χ4v) is 1.83. The fraction of sp³-hybridized carbons (Fsp3) is 0.143. The number of nitro groups is 1. The van der Waals surface area contributed by atoms with Gasteiger partial charge < -0.3 is 10.4 Å². The molecule has 0 aliphatic heterocycles. The van der Waals surface area contributed by atoms with Gasteiger partial charge in [0.05, 0.1) is 4.92 Å². The van der Waals surface area contributed by atoms with Gasteiger partial charge in [-0.2, -0.15) is 0 Å². The van der Waals surface area contributed by atoms with Crippen molar-refractivity contribution in [3.8, 4) is 0 Å². The van der Waals surface area contributed by atoms with Crippen molar-refractivity contribution in [1.82, 2.24) is 4.98 Å². The van der Waals surface area contributed by atoms with Crippen molar-refractivity contribution >= 4 is 17.5 Å². The van der Waals surface area contributed by atoms with Crippen LogP contribution in [0.4, 0.5) is 11.5 Å². The average Bonchev–Trinajstić information content (AvgIpc) is 2.48. The number of hydrogen-bond acceptors (Lipinski definition) is 5. The Morgan fingerprint density at radius 3 is 2.67 bits per heavy atom. The van der Waals surface area contributed by atoms with E-state index < -0.39 is 10.9 Å². The molecule has 1 aromatic heterocycles. The summed E-state index contributed by atoms with van der Waals surface area (Å²) >= 11 is 0. The molecule has 0 amide bonds. The van der Waals surface area contributed by atoms with Crippen LogP contribution in [-0.4, -0.2) is 27.5 Å². The molecule has 0 bridgehead atoms. The van der Waals surface area contributed by atoms with E-state index in [1.54, 1.807) is 0 Å². The number of carboxylic acids is 1. The molecule has 0 unspecified atom stereocenters. The highest BCUT2D eigenvalue weighted by atomic mass is 16.6. The molecule has 0 aliphatic rings. The van der Waals surface area contributed by atoms with Crippen LogP contribution in [0.5, 0.6) is 0 Å². The summed E-state index contributed by atoms with van der Waals surface area (Å²) in [4.78, 5) is 24.9. The minimum atomic E-state index is -1.26. The van der Waals surface area contributed by atoms with Crippen molar-refractivity contribution in [2.24, 2.45) is 0 Å². The first-order valence-electron chi connectivity index (χ1n) is 6.23. The normalized spacial score (nSPS) is 10.1. The molecular formula is C14H13N3O4. The minimum absolute atomic E-state index is 0.129. The monoisotopic (exact) mass is 287 g/mol. The van der Waals surface area contributed by atoms with Crippen LogP contribution in [0.2, 0.25) is 0 Å². The van der Waals surface area contributed by atoms with Gasteiger partial charge in [0.1, 0.15) is 17.6 Å². The molecule has 108 valence electrons. The van der Waals surface area contributed by atoms with Crippen molar-refractivity contribution < 1.29 is 14.8 Å². The molecule has 1 heterocycles. The van der Waals surface area contributed by atoms with Crippen LogP contribution in [0, 0.1) is 10.1 Å². The zero-order valence-corrected chi connectivity index (χ0v) is 11.0. The second kappa shape index (κ2) is 6.47. The number of nitrogens with zero attached hydrogens (tertiary/aromatic N) is 2. The van der Waals surface area contributed by atoms with Gasteiger partial charge in [-0.3, -0.25) is 10.1 Å². The quantitative estimate of drug-likeness (QED) is 0.624. The van der Waals surface area contributed by atoms with E-state index in [0.29, 0.717) is 13.0 Å². The molecule has 2 N–H and O–H groups in total. The van der Waals surface area contributed by atoms with Crippen molar-refractivity contribution in [3.05, 3.63) is 63.8 Å². The van der Waals surface area contributed by atoms with Crippen LogP contribution in [0.3, 0.4) is 0 Å². The van der Waals surface area contributed by atoms with E-state index >= 15 is 0 Å². The summed E-state index contributed by atoms with van der Waals surface area (Å²) < 4.78 is 0. The highest BCUT2D eigenvalue weighted by Crippen LogP contribution is 2.19. The summed E-state index contributed by atoms with van der Waals surface area (Å²) in [6.07, 6.45) is 1.73. The third-order valence-electron chi connectivity index (χ3n) is 2.86. The van der Waals surface area contributed by atoms with E-state index in [2.05, 4.69) is 10.3 Å². The van der Waals surface area contributed by atoms with Crippen molar-refractivity contribution in [2.45, 2.75) is 6.42 Å². The third-order valence-corrected chi connectivity index (χ3v) is 2.86. The first-order valence-corrected chi connectivity index (χ1v) is 6.23. The van der Waals surface area contributed by atoms with E-state index in [0.717, 1.165) is 17.8 Å². The molecule has 0 fully saturated rings. The third kappa shape index (κ3) is 3.75. The summed E-state index contributed by atoms with van der Waals surface area (Å²) in [5.74, 6) is -1.13. The smallest absolute Gasteiger partial charge is 0.339 e. The Hall–Kier alpha value is -2.96. The Bertz CT molecular complexity index is 659. The number of carboxylic acid groups (broad SMARTS) is 1. The van der Waals surface area contributed by atoms with E-state index in [1.165, 1.54) is 0 Å². The molecule has 0 saturated heterocycles. The maximum absolute atomic E-state index is 11.1. The lowest BCUT2D eigenvalue weighted by Crippen LogP contribution is -2.11. The minimum Gasteiger partial charge on any atom is -0.478 e. The molecule has 0 aliphatic carbocycles. The number of anilines is 1. The fourth-order valence-electron chi connectivity index (χ4n) is 1.83. The molecule has 7 heteroatoms. The Labute approximate surface area is 120 Å². The number of rotatable bonds is 6. The SMILES string of the molecule is O=C(O)c1cc([N+](=O)[O-])cnc1NCCc1ccccc1. The molecule has 0 radical (unpaired) electrons. The molecule has 0 spiro atoms. The molecule has 2 aromatic rings. The molecule has 7 nitrogen and oxygen atoms in total. The van der Waals surface area contributed by atoms with E-state index in [9.17, 15) is 14.9 Å². The first-order chi connectivity index (χ1) is 10.1. The van der Waals surface area contributed by atoms with Gasteiger partial charge >= 0.3 is 5.97 Å². The number of nitrogens with one attached hydrogen (secondary N) is 1. The Morgan fingerprint density at radius 1 is 1.33 bits per heavy atom. The summed E-state index contributed by atoms with van der Waals surface area (Å²) in [6, 6.07) is 10.7. The Morgan fingerprint density at radius 2 is 2.05 bits per heavy atom. The highest BCUT2D eigenvalue weighted by Gasteiger charge is 2.17. The van der Waals surface area contributed by atoms with Crippen LogP contribution < -0.4 is 5.32 Å². The number of hydrogen-bond donors (Lipinski definition) is 2. The molecule has 21 heavy (non-hydrogen) atoms. The van der Waals surface area contributed by atoms with Crippen molar-refractivity contribution in [3.63, 3.8) is 0 Å². The van der Waals surface area contributed by atoms with Gasteiger partial charge in [0.15, 0.2) is 0 Å². The van der Waals surface area contributed by atoms with Gasteiger partial charge in [0.2, 0.25) is 0 Å². The summed E-state index contributed by atoms with van der Waals surface area (Å²) in [5, 5.41) is 22.6. The lowest BCUT2D eigenvalue weighted by molar-refractivity contribution is -0.385. The Kier molecular flexibility index (Phi) is 4.45. The predicted octanol–water partition coefficient (Wildman–Crippen LogP) is 2.34. The molecular weight excluding hydrogens is 274 g/mol. The standard InChI is InChI=1S/C14H13N3O4/c18-14(19)12-8-11(17(20)21)9-16-13(12)15-7-6-10-4-2-1-3-5-10/h1-5,8-9H,6-7H2,(H,15,16)(H,18,19). The van der Waals surface area contributed by atoms with Gasteiger partial charge in [0.25, 0.3) is 5.69 Å². The largest absolute Gasteiger partial charge is 0.478 e. The Balaban J connectivity index is 2.09. The number of aromatic carboxylic acids is 1. The zero-order chi connectivity index (χ0) is 15.2. The molecule has 0 saturated carbocycles. The van der Waals surface area contributed by atoms with Crippen LogP contribution in [0.15, 0.2) is 42.6 Å². The second-order valence-electron chi connectivity index (χ2n) is 4.31. The van der Waals surface area contributed by atoms with Crippen LogP contribution in [-0.2, 0) is 6.42 Å². The van der Waals surface area contributed by atoms with Crippen molar-refractivity contribution in [1.29, 1.82) is 0 Å². The lowest BCUT2D eigenvalue weighted by Gasteiger charge is -2.08. The van der Waals surface area contributed by atoms with E-state index in [1.807, 2.05) is 30.3 Å². The topological polar surface area (TPSA) is 105 Å². The first kappa shape index (κ1) is 14.4. The molecule has 2 rings (SSSR count). The molecule has 0 atom stereocenters. The van der Waals surface area contributed by atoms with Gasteiger partial charge in [-0.1, -0.05) is 30.3 Å². The van der Waals surface area contributed by atoms with Gasteiger partial charge in [0, 0.05) is 12.6 Å². The van der Waals surface area contributed by atoms with Crippen LogP contribution >= 0.6 is 0 Å². The summed E-state index contributed by atoms with van der Waals surface area (Å²) in [7, 11) is 0. The van der Waals surface area contributed by atoms with Crippen LogP contribution in [0.1, 0.15) is 15.9 Å². The van der Waals surface area contributed by atoms with Crippen LogP contribution in [0.25, 0.3) is 0 Å². The second-order valence-corrected chi connectivity index (χ2v) is 4.31. The predicted molar refractivity (Wildman–Crippen MR) is 76.5 cm³/mol. The lowest BCUT2D eigenvalue weighted by atomic mass is 10.1. The average molecular weight is 287 g/mol. The maximum atomic E-state index is 11.1. The highest BCUT2D eigenvalue weighted by molar-refractivity contribution is 5.93. The summed E-state index contributed by atoms with van der Waals surface area (Å²) in [6.45, 7) is 0.481.